The second-order valence-electron chi connectivity index (χ2n) is 6.00. The van der Waals surface area contributed by atoms with Crippen LogP contribution in [0.5, 0.6) is 0 Å². The monoisotopic (exact) mass is 337 g/mol. The van der Waals surface area contributed by atoms with Gasteiger partial charge < -0.3 is 20.3 Å². The van der Waals surface area contributed by atoms with Crippen LogP contribution in [0.25, 0.3) is 0 Å². The number of nitrogens with one attached hydrogen (secondary N) is 2. The number of halogens is 1. The molecule has 0 spiro atoms. The summed E-state index contributed by atoms with van der Waals surface area (Å²) in [5, 5.41) is 5.09. The zero-order valence-electron chi connectivity index (χ0n) is 14.1. The highest BCUT2D eigenvalue weighted by molar-refractivity contribution is 5.92. The summed E-state index contributed by atoms with van der Waals surface area (Å²) < 4.78 is 19.1. The van der Waals surface area contributed by atoms with E-state index in [4.69, 9.17) is 4.74 Å². The number of benzene rings is 1. The molecule has 1 unspecified atom stereocenters. The van der Waals surface area contributed by atoms with E-state index in [-0.39, 0.29) is 17.6 Å². The van der Waals surface area contributed by atoms with Crippen LogP contribution in [0, 0.1) is 5.82 Å². The average Bonchev–Trinajstić information content (AvgIpc) is 3.03. The molecule has 1 fully saturated rings. The van der Waals surface area contributed by atoms with Crippen LogP contribution in [0.2, 0.25) is 0 Å². The van der Waals surface area contributed by atoms with Crippen LogP contribution in [0.15, 0.2) is 18.2 Å². The summed E-state index contributed by atoms with van der Waals surface area (Å²) in [5.41, 5.74) is 0.470. The molecule has 24 heavy (non-hydrogen) atoms. The Kier molecular flexibility index (Phi) is 6.54. The lowest BCUT2D eigenvalue weighted by atomic mass is 10.1. The Morgan fingerprint density at radius 2 is 2.17 bits per heavy atom. The molecule has 132 valence electrons. The third-order valence-corrected chi connectivity index (χ3v) is 3.92. The maximum Gasteiger partial charge on any atom is 0.321 e. The smallest absolute Gasteiger partial charge is 0.321 e. The molecule has 3 amide bonds. The molecule has 2 rings (SSSR count). The summed E-state index contributed by atoms with van der Waals surface area (Å²) in [4.78, 5) is 24.8. The number of ether oxygens (including phenoxy) is 1. The first-order chi connectivity index (χ1) is 11.5. The molecule has 1 aliphatic heterocycles. The molecular weight excluding hydrogens is 313 g/mol. The fraction of sp³-hybridized carbons (Fsp3) is 0.529. The number of anilines is 2. The SMILES string of the molecule is CC(=O)Nc1cc(NC(=O)N(C)CCCC2CCCO2)ccc1F. The van der Waals surface area contributed by atoms with Gasteiger partial charge in [0.1, 0.15) is 5.82 Å². The summed E-state index contributed by atoms with van der Waals surface area (Å²) in [6, 6.07) is 3.79. The third-order valence-electron chi connectivity index (χ3n) is 3.92. The van der Waals surface area contributed by atoms with Gasteiger partial charge in [0, 0.05) is 32.8 Å². The van der Waals surface area contributed by atoms with Crippen molar-refractivity contribution in [3.63, 3.8) is 0 Å². The number of hydrogen-bond donors (Lipinski definition) is 2. The fourth-order valence-electron chi connectivity index (χ4n) is 2.64. The Morgan fingerprint density at radius 3 is 2.83 bits per heavy atom. The van der Waals surface area contributed by atoms with Crippen molar-refractivity contribution in [3.8, 4) is 0 Å². The van der Waals surface area contributed by atoms with Crippen LogP contribution < -0.4 is 10.6 Å². The lowest BCUT2D eigenvalue weighted by Gasteiger charge is -2.19. The predicted octanol–water partition coefficient (Wildman–Crippen LogP) is 3.21. The zero-order chi connectivity index (χ0) is 17.5. The molecule has 0 saturated carbocycles. The topological polar surface area (TPSA) is 70.7 Å². The van der Waals surface area contributed by atoms with Gasteiger partial charge in [-0.1, -0.05) is 0 Å². The van der Waals surface area contributed by atoms with Crippen molar-refractivity contribution < 1.29 is 18.7 Å². The molecule has 1 heterocycles. The highest BCUT2D eigenvalue weighted by atomic mass is 19.1. The number of rotatable bonds is 6. The van der Waals surface area contributed by atoms with Gasteiger partial charge in [-0.25, -0.2) is 9.18 Å². The largest absolute Gasteiger partial charge is 0.378 e. The molecule has 1 atom stereocenters. The minimum Gasteiger partial charge on any atom is -0.378 e. The molecule has 0 aromatic heterocycles. The summed E-state index contributed by atoms with van der Waals surface area (Å²) in [5.74, 6) is -0.920. The van der Waals surface area contributed by atoms with Crippen molar-refractivity contribution in [3.05, 3.63) is 24.0 Å². The normalized spacial score (nSPS) is 16.7. The number of urea groups is 1. The zero-order valence-corrected chi connectivity index (χ0v) is 14.1. The Hall–Kier alpha value is -2.15. The van der Waals surface area contributed by atoms with E-state index in [0.29, 0.717) is 18.3 Å². The van der Waals surface area contributed by atoms with Gasteiger partial charge in [0.05, 0.1) is 11.8 Å². The molecule has 0 aliphatic carbocycles. The van der Waals surface area contributed by atoms with Crippen molar-refractivity contribution in [2.24, 2.45) is 0 Å². The lowest BCUT2D eigenvalue weighted by molar-refractivity contribution is -0.114. The van der Waals surface area contributed by atoms with E-state index in [1.54, 1.807) is 11.9 Å². The summed E-state index contributed by atoms with van der Waals surface area (Å²) >= 11 is 0. The Balaban J connectivity index is 1.82. The van der Waals surface area contributed by atoms with Gasteiger partial charge in [-0.3, -0.25) is 4.79 Å². The van der Waals surface area contributed by atoms with Gasteiger partial charge in [-0.15, -0.1) is 0 Å². The van der Waals surface area contributed by atoms with E-state index < -0.39 is 5.82 Å². The van der Waals surface area contributed by atoms with Crippen molar-refractivity contribution in [1.29, 1.82) is 0 Å². The number of amides is 3. The molecule has 6 nitrogen and oxygen atoms in total. The average molecular weight is 337 g/mol. The van der Waals surface area contributed by atoms with Gasteiger partial charge in [-0.2, -0.15) is 0 Å². The molecule has 1 aliphatic rings. The first kappa shape index (κ1) is 18.2. The maximum atomic E-state index is 13.6. The third kappa shape index (κ3) is 5.49. The van der Waals surface area contributed by atoms with Crippen molar-refractivity contribution >= 4 is 23.3 Å². The summed E-state index contributed by atoms with van der Waals surface area (Å²) in [6.07, 6.45) is 4.34. The first-order valence-corrected chi connectivity index (χ1v) is 8.16. The molecule has 1 aromatic carbocycles. The van der Waals surface area contributed by atoms with E-state index in [0.717, 1.165) is 32.3 Å². The van der Waals surface area contributed by atoms with Gasteiger partial charge in [0.15, 0.2) is 0 Å². The highest BCUT2D eigenvalue weighted by Crippen LogP contribution is 2.20. The van der Waals surface area contributed by atoms with Gasteiger partial charge in [-0.05, 0) is 43.9 Å². The van der Waals surface area contributed by atoms with Crippen molar-refractivity contribution in [2.75, 3.05) is 30.8 Å². The van der Waals surface area contributed by atoms with Crippen LogP contribution in [-0.2, 0) is 9.53 Å². The molecule has 1 aromatic rings. The Bertz CT molecular complexity index is 588. The highest BCUT2D eigenvalue weighted by Gasteiger charge is 2.16. The Labute approximate surface area is 141 Å². The Morgan fingerprint density at radius 1 is 1.38 bits per heavy atom. The minimum absolute atomic E-state index is 0.0429. The van der Waals surface area contributed by atoms with Crippen LogP contribution in [0.4, 0.5) is 20.6 Å². The van der Waals surface area contributed by atoms with Gasteiger partial charge >= 0.3 is 6.03 Å². The second kappa shape index (κ2) is 8.63. The van der Waals surface area contributed by atoms with E-state index >= 15 is 0 Å². The van der Waals surface area contributed by atoms with Gasteiger partial charge in [0.25, 0.3) is 0 Å². The molecule has 1 saturated heterocycles. The van der Waals surface area contributed by atoms with Crippen molar-refractivity contribution in [1.82, 2.24) is 4.90 Å². The molecule has 7 heteroatoms. The predicted molar refractivity (Wildman–Crippen MR) is 90.6 cm³/mol. The van der Waals surface area contributed by atoms with E-state index in [1.807, 2.05) is 0 Å². The fourth-order valence-corrected chi connectivity index (χ4v) is 2.64. The second-order valence-corrected chi connectivity index (χ2v) is 6.00. The summed E-state index contributed by atoms with van der Waals surface area (Å²) in [7, 11) is 1.71. The molecule has 2 N–H and O–H groups in total. The van der Waals surface area contributed by atoms with Crippen molar-refractivity contribution in [2.45, 2.75) is 38.7 Å². The van der Waals surface area contributed by atoms with E-state index in [2.05, 4.69) is 10.6 Å². The van der Waals surface area contributed by atoms with E-state index in [1.165, 1.54) is 25.1 Å². The minimum atomic E-state index is -0.548. The van der Waals surface area contributed by atoms with Crippen LogP contribution in [0.3, 0.4) is 0 Å². The standard InChI is InChI=1S/C17H24FN3O3/c1-12(22)19-16-11-13(7-8-15(16)18)20-17(23)21(2)9-3-5-14-6-4-10-24-14/h7-8,11,14H,3-6,9-10H2,1-2H3,(H,19,22)(H,20,23). The van der Waals surface area contributed by atoms with Crippen LogP contribution in [0.1, 0.15) is 32.6 Å². The van der Waals surface area contributed by atoms with Crippen LogP contribution in [-0.4, -0.2) is 43.1 Å². The molecule has 0 bridgehead atoms. The quantitative estimate of drug-likeness (QED) is 0.837. The molecular formula is C17H24FN3O3. The number of nitrogens with zero attached hydrogens (tertiary/aromatic N) is 1. The number of hydrogen-bond acceptors (Lipinski definition) is 3. The molecule has 0 radical (unpaired) electrons. The van der Waals surface area contributed by atoms with Crippen LogP contribution >= 0.6 is 0 Å². The number of carbonyl (C=O) groups excluding carboxylic acids is 2. The van der Waals surface area contributed by atoms with E-state index in [9.17, 15) is 14.0 Å². The maximum absolute atomic E-state index is 13.6. The van der Waals surface area contributed by atoms with Gasteiger partial charge in [0.2, 0.25) is 5.91 Å². The first-order valence-electron chi connectivity index (χ1n) is 8.16. The lowest BCUT2D eigenvalue weighted by Crippen LogP contribution is -2.32. The summed E-state index contributed by atoms with van der Waals surface area (Å²) in [6.45, 7) is 2.75. The number of carbonyl (C=O) groups is 2.